The van der Waals surface area contributed by atoms with E-state index in [-0.39, 0.29) is 44.0 Å². The van der Waals surface area contributed by atoms with Gasteiger partial charge in [-0.25, -0.2) is 0 Å². The molecule has 2 aromatic carbocycles. The van der Waals surface area contributed by atoms with E-state index in [9.17, 15) is 0 Å². The standard InChI is InChI=1S/C8H24Si3.2C6H6.C4H12Si.2C3H10Si/c1-9(2)7-11(5,6)8-10(3)4;2*1-2-4-6-5-3-1;1-4-5(2)3;2*1-4(2)3/h9-10H,7-8H2,1-6H3;2*1-6H;5H,4H2,1-3H3;2*4H,1-3H3. The highest BCUT2D eigenvalue weighted by atomic mass is 28.4. The molecular formula is C30H68Si6. The number of hydrogen-bond acceptors (Lipinski definition) is 0. The van der Waals surface area contributed by atoms with Crippen LogP contribution < -0.4 is 0 Å². The Labute approximate surface area is 239 Å². The third-order valence-electron chi connectivity index (χ3n) is 4.07. The number of benzene rings is 2. The van der Waals surface area contributed by atoms with E-state index in [1.807, 2.05) is 72.8 Å². The van der Waals surface area contributed by atoms with Crippen molar-refractivity contribution in [2.45, 2.75) is 116 Å². The molecule has 0 fully saturated rings. The minimum atomic E-state index is -0.706. The van der Waals surface area contributed by atoms with Crippen LogP contribution >= 0.6 is 0 Å². The average molecular weight is 597 g/mol. The Morgan fingerprint density at radius 2 is 0.528 bits per heavy atom. The van der Waals surface area contributed by atoms with Gasteiger partial charge in [-0.15, -0.1) is 0 Å². The van der Waals surface area contributed by atoms with Crippen molar-refractivity contribution in [2.24, 2.45) is 0 Å². The molecule has 2 rings (SSSR count). The summed E-state index contributed by atoms with van der Waals surface area (Å²) < 4.78 is 0. The highest BCUT2D eigenvalue weighted by molar-refractivity contribution is 6.94. The molecule has 0 aromatic heterocycles. The molecule has 212 valence electrons. The Bertz CT molecular complexity index is 491. The summed E-state index contributed by atoms with van der Waals surface area (Å²) in [4.78, 5) is 0. The van der Waals surface area contributed by atoms with Crippen molar-refractivity contribution in [3.05, 3.63) is 72.8 Å². The maximum Gasteiger partial charge on any atom is 0.0416 e. The molecule has 0 heterocycles. The zero-order chi connectivity index (χ0) is 29.0. The molecule has 0 spiro atoms. The lowest BCUT2D eigenvalue weighted by Crippen LogP contribution is -2.34. The summed E-state index contributed by atoms with van der Waals surface area (Å²) >= 11 is 0. The predicted molar refractivity (Wildman–Crippen MR) is 197 cm³/mol. The van der Waals surface area contributed by atoms with E-state index >= 15 is 0 Å². The third-order valence-corrected chi connectivity index (χ3v) is 21.1. The van der Waals surface area contributed by atoms with Gasteiger partial charge in [-0.05, 0) is 0 Å². The lowest BCUT2D eigenvalue weighted by Gasteiger charge is -2.25. The van der Waals surface area contributed by atoms with E-state index in [1.165, 1.54) is 6.04 Å². The molecule has 0 N–H and O–H groups in total. The van der Waals surface area contributed by atoms with Crippen LogP contribution in [0.2, 0.25) is 109 Å². The van der Waals surface area contributed by atoms with E-state index in [0.29, 0.717) is 0 Å². The van der Waals surface area contributed by atoms with E-state index < -0.39 is 8.07 Å². The summed E-state index contributed by atoms with van der Waals surface area (Å²) in [6.07, 6.45) is 0. The predicted octanol–water partition coefficient (Wildman–Crippen LogP) is 9.82. The van der Waals surface area contributed by atoms with Gasteiger partial charge in [-0.3, -0.25) is 0 Å². The molecule has 0 aliphatic carbocycles. The van der Waals surface area contributed by atoms with Gasteiger partial charge in [-0.1, -0.05) is 189 Å². The first kappa shape index (κ1) is 42.8. The summed E-state index contributed by atoms with van der Waals surface area (Å²) in [5, 5.41) is 0. The molecule has 6 heteroatoms. The summed E-state index contributed by atoms with van der Waals surface area (Å²) in [6, 6.07) is 25.4. The fourth-order valence-electron chi connectivity index (χ4n) is 3.06. The van der Waals surface area contributed by atoms with Crippen LogP contribution in [-0.4, -0.2) is 52.1 Å². The minimum Gasteiger partial charge on any atom is -0.0724 e. The maximum atomic E-state index is 2.59. The molecule has 0 aliphatic heterocycles. The SMILES string of the molecule is CC[SiH](C)C.C[SiH](C)C.C[SiH](C)C.C[SiH](C)C[Si](C)(C)C[SiH](C)C.c1ccccc1.c1ccccc1. The normalized spacial score (nSPS) is 10.0. The van der Waals surface area contributed by atoms with Gasteiger partial charge in [0.2, 0.25) is 0 Å². The van der Waals surface area contributed by atoms with Gasteiger partial charge in [0.1, 0.15) is 0 Å². The smallest absolute Gasteiger partial charge is 0.0416 e. The first-order chi connectivity index (χ1) is 16.6. The Hall–Kier alpha value is -0.259. The largest absolute Gasteiger partial charge is 0.0724 e. The minimum absolute atomic E-state index is 0.139. The van der Waals surface area contributed by atoms with Crippen LogP contribution in [0.5, 0.6) is 0 Å². The van der Waals surface area contributed by atoms with E-state index in [2.05, 4.69) is 98.6 Å². The second kappa shape index (κ2) is 31.0. The van der Waals surface area contributed by atoms with Crippen molar-refractivity contribution in [3.63, 3.8) is 0 Å². The Morgan fingerprint density at radius 1 is 0.389 bits per heavy atom. The van der Waals surface area contributed by atoms with Gasteiger partial charge in [0, 0.05) is 52.1 Å². The molecule has 0 saturated heterocycles. The second-order valence-electron chi connectivity index (χ2n) is 12.9. The molecule has 0 nitrogen and oxygen atoms in total. The first-order valence-electron chi connectivity index (χ1n) is 14.6. The summed E-state index contributed by atoms with van der Waals surface area (Å²) in [7, 11) is -1.67. The molecule has 0 amide bonds. The van der Waals surface area contributed by atoms with Gasteiger partial charge < -0.3 is 0 Å². The first-order valence-corrected chi connectivity index (χ1v) is 34.3. The Kier molecular flexibility index (Phi) is 36.8. The number of rotatable bonds is 5. The fraction of sp³-hybridized carbons (Fsp3) is 0.600. The molecule has 36 heavy (non-hydrogen) atoms. The van der Waals surface area contributed by atoms with Crippen LogP contribution in [0.3, 0.4) is 0 Å². The average Bonchev–Trinajstić information content (AvgIpc) is 2.75. The van der Waals surface area contributed by atoms with Crippen LogP contribution in [0.4, 0.5) is 0 Å². The van der Waals surface area contributed by atoms with Crippen molar-refractivity contribution >= 4 is 52.1 Å². The maximum absolute atomic E-state index is 2.59. The monoisotopic (exact) mass is 596 g/mol. The second-order valence-corrected chi connectivity index (χ2v) is 36.6. The zero-order valence-corrected chi connectivity index (χ0v) is 34.2. The molecule has 0 unspecified atom stereocenters. The van der Waals surface area contributed by atoms with Crippen molar-refractivity contribution in [3.8, 4) is 0 Å². The topological polar surface area (TPSA) is 0 Å². The summed E-state index contributed by atoms with van der Waals surface area (Å²) in [6.45, 7) is 36.0. The molecule has 0 atom stereocenters. The quantitative estimate of drug-likeness (QED) is 0.301. The molecule has 0 saturated carbocycles. The molecule has 0 bridgehead atoms. The van der Waals surface area contributed by atoms with Crippen molar-refractivity contribution in [1.29, 1.82) is 0 Å². The van der Waals surface area contributed by atoms with Crippen LogP contribution in [0, 0.1) is 0 Å². The zero-order valence-electron chi connectivity index (χ0n) is 27.4. The van der Waals surface area contributed by atoms with E-state index in [1.54, 1.807) is 11.3 Å². The van der Waals surface area contributed by atoms with Crippen molar-refractivity contribution in [1.82, 2.24) is 0 Å². The van der Waals surface area contributed by atoms with Gasteiger partial charge in [-0.2, -0.15) is 0 Å². The fourth-order valence-corrected chi connectivity index (χ4v) is 22.9. The van der Waals surface area contributed by atoms with Crippen LogP contribution in [-0.2, 0) is 0 Å². The van der Waals surface area contributed by atoms with Gasteiger partial charge in [0.15, 0.2) is 0 Å². The lowest BCUT2D eigenvalue weighted by atomic mass is 10.4. The number of hydrogen-bond donors (Lipinski definition) is 0. The van der Waals surface area contributed by atoms with Crippen LogP contribution in [0.1, 0.15) is 6.92 Å². The van der Waals surface area contributed by atoms with Gasteiger partial charge in [0.05, 0.1) is 0 Å². The van der Waals surface area contributed by atoms with Gasteiger partial charge in [0.25, 0.3) is 0 Å². The summed E-state index contributed by atoms with van der Waals surface area (Å²) in [5.74, 6) is 0. The summed E-state index contributed by atoms with van der Waals surface area (Å²) in [5.41, 5.74) is 3.33. The van der Waals surface area contributed by atoms with Crippen molar-refractivity contribution in [2.75, 3.05) is 0 Å². The van der Waals surface area contributed by atoms with Crippen molar-refractivity contribution < 1.29 is 0 Å². The molecule has 0 aliphatic rings. The highest BCUT2D eigenvalue weighted by Gasteiger charge is 2.23. The van der Waals surface area contributed by atoms with E-state index in [4.69, 9.17) is 0 Å². The van der Waals surface area contributed by atoms with E-state index in [0.717, 1.165) is 0 Å². The third kappa shape index (κ3) is 64.2. The van der Waals surface area contributed by atoms with Gasteiger partial charge >= 0.3 is 0 Å². The molecule has 0 radical (unpaired) electrons. The Balaban J connectivity index is -0.000000179. The Morgan fingerprint density at radius 3 is 0.611 bits per heavy atom. The van der Waals surface area contributed by atoms with Crippen LogP contribution in [0.15, 0.2) is 72.8 Å². The van der Waals surface area contributed by atoms with Crippen LogP contribution in [0.25, 0.3) is 0 Å². The molecular weight excluding hydrogens is 529 g/mol. The lowest BCUT2D eigenvalue weighted by molar-refractivity contribution is 1.41. The molecule has 2 aromatic rings. The highest BCUT2D eigenvalue weighted by Crippen LogP contribution is 2.18.